The molecule has 0 spiro atoms. The number of hydrogen-bond donors (Lipinski definition) is 2. The number of morpholine rings is 1. The first-order valence-electron chi connectivity index (χ1n) is 7.97. The molecule has 3 heterocycles. The van der Waals surface area contributed by atoms with Gasteiger partial charge in [0.05, 0.1) is 30.0 Å². The van der Waals surface area contributed by atoms with Crippen LogP contribution >= 0.6 is 22.6 Å². The maximum atomic E-state index is 12.5. The lowest BCUT2D eigenvalue weighted by Crippen LogP contribution is -2.40. The minimum absolute atomic E-state index is 0.0416. The summed E-state index contributed by atoms with van der Waals surface area (Å²) < 4.78 is 6.35. The van der Waals surface area contributed by atoms with Crippen molar-refractivity contribution in [3.63, 3.8) is 0 Å². The van der Waals surface area contributed by atoms with Crippen LogP contribution in [0, 0.1) is 3.57 Å². The molecule has 4 rings (SSSR count). The molecule has 25 heavy (non-hydrogen) atoms. The van der Waals surface area contributed by atoms with Crippen LogP contribution in [0.2, 0.25) is 0 Å². The van der Waals surface area contributed by atoms with Crippen molar-refractivity contribution >= 4 is 39.4 Å². The predicted molar refractivity (Wildman–Crippen MR) is 103 cm³/mol. The molecule has 128 valence electrons. The van der Waals surface area contributed by atoms with Gasteiger partial charge in [-0.15, -0.1) is 0 Å². The summed E-state index contributed by atoms with van der Waals surface area (Å²) in [6, 6.07) is 9.43. The Kier molecular flexibility index (Phi) is 4.34. The molecule has 1 saturated heterocycles. The summed E-state index contributed by atoms with van der Waals surface area (Å²) >= 11 is 2.24. The fourth-order valence-corrected chi connectivity index (χ4v) is 3.52. The SMILES string of the molecule is O=C(c1ccc(-c2c(O)[nH]c3ccc(I)cc23)nc1)N1CCOCC1. The van der Waals surface area contributed by atoms with Gasteiger partial charge in [-0.3, -0.25) is 9.78 Å². The van der Waals surface area contributed by atoms with E-state index in [1.54, 1.807) is 23.2 Å². The number of nitrogens with zero attached hydrogens (tertiary/aromatic N) is 2. The molecule has 6 nitrogen and oxygen atoms in total. The Morgan fingerprint density at radius 1 is 1.24 bits per heavy atom. The van der Waals surface area contributed by atoms with Crippen molar-refractivity contribution in [1.29, 1.82) is 0 Å². The standard InChI is InChI=1S/C18H16IN3O3/c19-12-2-4-14-13(9-12)16(17(23)21-14)15-3-1-11(10-20-15)18(24)22-5-7-25-8-6-22/h1-4,9-10,21,23H,5-8H2. The van der Waals surface area contributed by atoms with Gasteiger partial charge < -0.3 is 19.7 Å². The van der Waals surface area contributed by atoms with Crippen LogP contribution in [0.15, 0.2) is 36.5 Å². The maximum Gasteiger partial charge on any atom is 0.255 e. The first kappa shape index (κ1) is 16.3. The van der Waals surface area contributed by atoms with Gasteiger partial charge in [0.2, 0.25) is 0 Å². The second-order valence-electron chi connectivity index (χ2n) is 5.88. The average molecular weight is 449 g/mol. The maximum absolute atomic E-state index is 12.5. The van der Waals surface area contributed by atoms with Gasteiger partial charge >= 0.3 is 0 Å². The van der Waals surface area contributed by atoms with Crippen molar-refractivity contribution in [3.8, 4) is 17.1 Å². The van der Waals surface area contributed by atoms with Gasteiger partial charge in [-0.05, 0) is 52.9 Å². The largest absolute Gasteiger partial charge is 0.494 e. The van der Waals surface area contributed by atoms with Crippen molar-refractivity contribution < 1.29 is 14.6 Å². The van der Waals surface area contributed by atoms with Gasteiger partial charge in [-0.25, -0.2) is 0 Å². The third-order valence-corrected chi connectivity index (χ3v) is 4.98. The predicted octanol–water partition coefficient (Wildman–Crippen LogP) is 3.01. The van der Waals surface area contributed by atoms with E-state index in [2.05, 4.69) is 32.6 Å². The Morgan fingerprint density at radius 3 is 2.76 bits per heavy atom. The molecule has 0 bridgehead atoms. The first-order chi connectivity index (χ1) is 12.1. The van der Waals surface area contributed by atoms with Crippen LogP contribution in [0.5, 0.6) is 5.88 Å². The molecule has 0 atom stereocenters. The average Bonchev–Trinajstić information content (AvgIpc) is 2.97. The van der Waals surface area contributed by atoms with E-state index >= 15 is 0 Å². The third kappa shape index (κ3) is 3.09. The molecule has 0 radical (unpaired) electrons. The van der Waals surface area contributed by atoms with Crippen LogP contribution < -0.4 is 0 Å². The topological polar surface area (TPSA) is 78.4 Å². The molecule has 1 fully saturated rings. The summed E-state index contributed by atoms with van der Waals surface area (Å²) in [7, 11) is 0. The summed E-state index contributed by atoms with van der Waals surface area (Å²) in [6.07, 6.45) is 1.57. The lowest BCUT2D eigenvalue weighted by Gasteiger charge is -2.26. The van der Waals surface area contributed by atoms with Crippen molar-refractivity contribution in [1.82, 2.24) is 14.9 Å². The van der Waals surface area contributed by atoms with Gasteiger partial charge in [0.25, 0.3) is 5.91 Å². The number of pyridine rings is 1. The van der Waals surface area contributed by atoms with E-state index in [4.69, 9.17) is 4.74 Å². The highest BCUT2D eigenvalue weighted by molar-refractivity contribution is 14.1. The Bertz CT molecular complexity index is 931. The molecule has 2 aromatic heterocycles. The van der Waals surface area contributed by atoms with Gasteiger partial charge in [-0.1, -0.05) is 0 Å². The van der Waals surface area contributed by atoms with Crippen molar-refractivity contribution in [2.75, 3.05) is 26.3 Å². The van der Waals surface area contributed by atoms with Gasteiger partial charge in [0.15, 0.2) is 5.88 Å². The number of aromatic nitrogens is 2. The summed E-state index contributed by atoms with van der Waals surface area (Å²) in [5.41, 5.74) is 2.67. The number of carbonyl (C=O) groups is 1. The van der Waals surface area contributed by atoms with E-state index in [1.165, 1.54) is 0 Å². The number of nitrogens with one attached hydrogen (secondary N) is 1. The third-order valence-electron chi connectivity index (χ3n) is 4.31. The number of amides is 1. The quantitative estimate of drug-likeness (QED) is 0.590. The monoisotopic (exact) mass is 449 g/mol. The molecule has 3 aromatic rings. The number of hydrogen-bond acceptors (Lipinski definition) is 4. The normalized spacial score (nSPS) is 14.8. The summed E-state index contributed by atoms with van der Waals surface area (Å²) in [6.45, 7) is 2.34. The number of carbonyl (C=O) groups excluding carboxylic acids is 1. The van der Waals surface area contributed by atoms with Crippen LogP contribution in [0.25, 0.3) is 22.2 Å². The Morgan fingerprint density at radius 2 is 2.04 bits per heavy atom. The van der Waals surface area contributed by atoms with Crippen molar-refractivity contribution in [2.45, 2.75) is 0 Å². The molecule has 1 aliphatic heterocycles. The van der Waals surface area contributed by atoms with Crippen molar-refractivity contribution in [2.24, 2.45) is 0 Å². The molecule has 0 unspecified atom stereocenters. The lowest BCUT2D eigenvalue weighted by atomic mass is 10.1. The highest BCUT2D eigenvalue weighted by Gasteiger charge is 2.20. The number of benzene rings is 1. The van der Waals surface area contributed by atoms with E-state index in [0.29, 0.717) is 43.1 Å². The van der Waals surface area contributed by atoms with E-state index < -0.39 is 0 Å². The number of halogens is 1. The molecule has 0 saturated carbocycles. The Labute approximate surface area is 158 Å². The number of aromatic amines is 1. The first-order valence-corrected chi connectivity index (χ1v) is 9.05. The minimum Gasteiger partial charge on any atom is -0.494 e. The van der Waals surface area contributed by atoms with Crippen LogP contribution in [0.3, 0.4) is 0 Å². The van der Waals surface area contributed by atoms with Gasteiger partial charge in [-0.2, -0.15) is 0 Å². The second-order valence-corrected chi connectivity index (χ2v) is 7.12. The van der Waals surface area contributed by atoms with E-state index in [0.717, 1.165) is 14.5 Å². The van der Waals surface area contributed by atoms with Crippen LogP contribution in [0.1, 0.15) is 10.4 Å². The number of fused-ring (bicyclic) bond motifs is 1. The summed E-state index contributed by atoms with van der Waals surface area (Å²) in [5, 5.41) is 11.2. The molecule has 1 aliphatic rings. The molecular formula is C18H16IN3O3. The van der Waals surface area contributed by atoms with E-state index in [-0.39, 0.29) is 11.8 Å². The second kappa shape index (κ2) is 6.64. The fraction of sp³-hybridized carbons (Fsp3) is 0.222. The number of ether oxygens (including phenoxy) is 1. The highest BCUT2D eigenvalue weighted by atomic mass is 127. The Balaban J connectivity index is 1.67. The Hall–Kier alpha value is -2.13. The van der Waals surface area contributed by atoms with E-state index in [9.17, 15) is 9.90 Å². The molecular weight excluding hydrogens is 433 g/mol. The molecule has 0 aliphatic carbocycles. The number of aromatic hydroxyl groups is 1. The van der Waals surface area contributed by atoms with Crippen LogP contribution in [-0.2, 0) is 4.74 Å². The number of rotatable bonds is 2. The summed E-state index contributed by atoms with van der Waals surface area (Å²) in [5.74, 6) is 0.0387. The fourth-order valence-electron chi connectivity index (χ4n) is 3.03. The minimum atomic E-state index is -0.0416. The van der Waals surface area contributed by atoms with E-state index in [1.807, 2.05) is 18.2 Å². The van der Waals surface area contributed by atoms with Gasteiger partial charge in [0.1, 0.15) is 0 Å². The van der Waals surface area contributed by atoms with Gasteiger partial charge in [0, 0.05) is 33.8 Å². The van der Waals surface area contributed by atoms with Crippen molar-refractivity contribution in [3.05, 3.63) is 45.7 Å². The zero-order valence-corrected chi connectivity index (χ0v) is 15.5. The smallest absolute Gasteiger partial charge is 0.255 e. The van der Waals surface area contributed by atoms with Crippen LogP contribution in [-0.4, -0.2) is 52.2 Å². The molecule has 7 heteroatoms. The molecule has 2 N–H and O–H groups in total. The molecule has 1 amide bonds. The summed E-state index contributed by atoms with van der Waals surface area (Å²) in [4.78, 5) is 21.6. The zero-order valence-electron chi connectivity index (χ0n) is 13.3. The molecule has 1 aromatic carbocycles. The number of H-pyrrole nitrogens is 1. The lowest BCUT2D eigenvalue weighted by molar-refractivity contribution is 0.0302. The highest BCUT2D eigenvalue weighted by Crippen LogP contribution is 2.36. The van der Waals surface area contributed by atoms with Crippen LogP contribution in [0.4, 0.5) is 0 Å². The zero-order chi connectivity index (χ0) is 17.4.